The first-order chi connectivity index (χ1) is 15.2. The molecule has 2 N–H and O–H groups in total. The van der Waals surface area contributed by atoms with Gasteiger partial charge in [0, 0.05) is 44.2 Å². The SMILES string of the molecule is COc1cc([C@H](N2CCc3c(-c4cnn(C)c4)cc(C(N)=O)nc3C2)C(F)(F)F)ccn1. The summed E-state index contributed by atoms with van der Waals surface area (Å²) in [6.45, 7) is 0.0468. The number of nitrogens with zero attached hydrogens (tertiary/aromatic N) is 5. The van der Waals surface area contributed by atoms with Gasteiger partial charge in [-0.25, -0.2) is 9.97 Å². The lowest BCUT2D eigenvalue weighted by molar-refractivity contribution is -0.189. The number of hydrogen-bond donors (Lipinski definition) is 1. The molecule has 4 rings (SSSR count). The van der Waals surface area contributed by atoms with Crippen LogP contribution in [-0.4, -0.2) is 50.4 Å². The molecule has 1 aliphatic heterocycles. The summed E-state index contributed by atoms with van der Waals surface area (Å²) < 4.78 is 49.1. The van der Waals surface area contributed by atoms with Crippen LogP contribution in [0.2, 0.25) is 0 Å². The van der Waals surface area contributed by atoms with Gasteiger partial charge in [-0.05, 0) is 35.2 Å². The first-order valence-electron chi connectivity index (χ1n) is 9.79. The van der Waals surface area contributed by atoms with Crippen LogP contribution in [0.4, 0.5) is 13.2 Å². The van der Waals surface area contributed by atoms with Crippen LogP contribution in [0.3, 0.4) is 0 Å². The van der Waals surface area contributed by atoms with Crippen LogP contribution in [0.25, 0.3) is 11.1 Å². The molecule has 4 heterocycles. The molecule has 8 nitrogen and oxygen atoms in total. The minimum Gasteiger partial charge on any atom is -0.481 e. The molecule has 0 saturated heterocycles. The highest BCUT2D eigenvalue weighted by Crippen LogP contribution is 2.41. The molecule has 11 heteroatoms. The van der Waals surface area contributed by atoms with Crippen LogP contribution in [0, 0.1) is 0 Å². The number of halogens is 3. The molecule has 1 atom stereocenters. The van der Waals surface area contributed by atoms with Crippen molar-refractivity contribution in [3.05, 3.63) is 59.3 Å². The van der Waals surface area contributed by atoms with Crippen LogP contribution in [-0.2, 0) is 20.0 Å². The highest BCUT2D eigenvalue weighted by Gasteiger charge is 2.46. The minimum absolute atomic E-state index is 0.00130. The van der Waals surface area contributed by atoms with Crippen LogP contribution in [0.1, 0.15) is 33.4 Å². The lowest BCUT2D eigenvalue weighted by Crippen LogP contribution is -2.42. The summed E-state index contributed by atoms with van der Waals surface area (Å²) in [4.78, 5) is 21.4. The van der Waals surface area contributed by atoms with Crippen LogP contribution in [0.15, 0.2) is 36.8 Å². The van der Waals surface area contributed by atoms with E-state index < -0.39 is 18.1 Å². The number of aryl methyl sites for hydroxylation is 1. The zero-order valence-electron chi connectivity index (χ0n) is 17.4. The van der Waals surface area contributed by atoms with Crippen molar-refractivity contribution in [2.75, 3.05) is 13.7 Å². The molecule has 0 saturated carbocycles. The van der Waals surface area contributed by atoms with Gasteiger partial charge in [0.05, 0.1) is 19.0 Å². The molecule has 0 fully saturated rings. The van der Waals surface area contributed by atoms with E-state index in [1.165, 1.54) is 30.3 Å². The Hall–Kier alpha value is -3.47. The molecule has 0 aliphatic carbocycles. The molecule has 0 aromatic carbocycles. The average Bonchev–Trinajstić information content (AvgIpc) is 3.18. The second-order valence-electron chi connectivity index (χ2n) is 7.54. The summed E-state index contributed by atoms with van der Waals surface area (Å²) in [5, 5.41) is 4.15. The van der Waals surface area contributed by atoms with Crippen molar-refractivity contribution in [3.8, 4) is 17.0 Å². The van der Waals surface area contributed by atoms with Crippen LogP contribution >= 0.6 is 0 Å². The fraction of sp³-hybridized carbons (Fsp3) is 0.333. The van der Waals surface area contributed by atoms with Crippen molar-refractivity contribution in [1.29, 1.82) is 0 Å². The van der Waals surface area contributed by atoms with E-state index in [4.69, 9.17) is 10.5 Å². The molecule has 3 aromatic rings. The second kappa shape index (κ2) is 8.23. The number of pyridine rings is 2. The minimum atomic E-state index is -4.54. The molecule has 0 spiro atoms. The molecule has 0 radical (unpaired) electrons. The summed E-state index contributed by atoms with van der Waals surface area (Å²) in [7, 11) is 3.10. The Morgan fingerprint density at radius 2 is 2.09 bits per heavy atom. The molecular weight excluding hydrogens is 425 g/mol. The van der Waals surface area contributed by atoms with Crippen molar-refractivity contribution in [2.24, 2.45) is 12.8 Å². The summed E-state index contributed by atoms with van der Waals surface area (Å²) in [6.07, 6.45) is 0.468. The zero-order valence-corrected chi connectivity index (χ0v) is 17.4. The van der Waals surface area contributed by atoms with E-state index in [2.05, 4.69) is 15.1 Å². The number of nitrogens with two attached hydrogens (primary N) is 1. The Labute approximate surface area is 181 Å². The normalized spacial score (nSPS) is 15.3. The number of aromatic nitrogens is 4. The molecule has 3 aromatic heterocycles. The number of carbonyl (C=O) groups excluding carboxylic acids is 1. The van der Waals surface area contributed by atoms with Crippen molar-refractivity contribution in [2.45, 2.75) is 25.2 Å². The predicted molar refractivity (Wildman–Crippen MR) is 109 cm³/mol. The highest BCUT2D eigenvalue weighted by atomic mass is 19.4. The number of carbonyl (C=O) groups is 1. The van der Waals surface area contributed by atoms with E-state index in [9.17, 15) is 18.0 Å². The second-order valence-corrected chi connectivity index (χ2v) is 7.54. The van der Waals surface area contributed by atoms with Crippen LogP contribution < -0.4 is 10.5 Å². The lowest BCUT2D eigenvalue weighted by Gasteiger charge is -2.37. The Kier molecular flexibility index (Phi) is 5.59. The van der Waals surface area contributed by atoms with Gasteiger partial charge in [0.25, 0.3) is 5.91 Å². The van der Waals surface area contributed by atoms with E-state index >= 15 is 0 Å². The van der Waals surface area contributed by atoms with Gasteiger partial charge < -0.3 is 10.5 Å². The number of methoxy groups -OCH3 is 1. The Morgan fingerprint density at radius 1 is 1.31 bits per heavy atom. The Balaban J connectivity index is 1.77. The summed E-state index contributed by atoms with van der Waals surface area (Å²) >= 11 is 0. The molecular formula is C21H21F3N6O2. The number of amides is 1. The highest BCUT2D eigenvalue weighted by molar-refractivity contribution is 5.92. The maximum Gasteiger partial charge on any atom is 0.408 e. The zero-order chi connectivity index (χ0) is 23.0. The maximum atomic E-state index is 14.1. The Bertz CT molecular complexity index is 1160. The van der Waals surface area contributed by atoms with Gasteiger partial charge in [0.2, 0.25) is 5.88 Å². The van der Waals surface area contributed by atoms with Gasteiger partial charge in [-0.3, -0.25) is 14.4 Å². The first kappa shape index (κ1) is 21.8. The predicted octanol–water partition coefficient (Wildman–Crippen LogP) is 2.65. The van der Waals surface area contributed by atoms with Gasteiger partial charge >= 0.3 is 6.18 Å². The number of ether oxygens (including phenoxy) is 1. The van der Waals surface area contributed by atoms with Crippen molar-refractivity contribution in [1.82, 2.24) is 24.6 Å². The Morgan fingerprint density at radius 3 is 2.72 bits per heavy atom. The van der Waals surface area contributed by atoms with E-state index in [0.717, 1.165) is 11.1 Å². The average molecular weight is 446 g/mol. The summed E-state index contributed by atoms with van der Waals surface area (Å²) in [5.41, 5.74) is 8.09. The fourth-order valence-corrected chi connectivity index (χ4v) is 4.04. The third-order valence-electron chi connectivity index (χ3n) is 5.44. The van der Waals surface area contributed by atoms with Gasteiger partial charge in [0.15, 0.2) is 0 Å². The maximum absolute atomic E-state index is 14.1. The molecule has 32 heavy (non-hydrogen) atoms. The smallest absolute Gasteiger partial charge is 0.408 e. The quantitative estimate of drug-likeness (QED) is 0.647. The first-order valence-corrected chi connectivity index (χ1v) is 9.79. The number of alkyl halides is 3. The van der Waals surface area contributed by atoms with Crippen molar-refractivity contribution < 1.29 is 22.7 Å². The monoisotopic (exact) mass is 446 g/mol. The third-order valence-corrected chi connectivity index (χ3v) is 5.44. The molecule has 1 aliphatic rings. The third kappa shape index (κ3) is 4.15. The topological polar surface area (TPSA) is 99.2 Å². The summed E-state index contributed by atoms with van der Waals surface area (Å²) in [6, 6.07) is 2.29. The molecule has 1 amide bonds. The van der Waals surface area contributed by atoms with Gasteiger partial charge in [0.1, 0.15) is 11.7 Å². The van der Waals surface area contributed by atoms with Gasteiger partial charge in [-0.1, -0.05) is 0 Å². The van der Waals surface area contributed by atoms with Crippen LogP contribution in [0.5, 0.6) is 5.88 Å². The van der Waals surface area contributed by atoms with Crippen molar-refractivity contribution >= 4 is 5.91 Å². The van der Waals surface area contributed by atoms with E-state index in [-0.39, 0.29) is 30.2 Å². The molecule has 168 valence electrons. The standard InChI is InChI=1S/C21H21F3N6O2/c1-29-10-13(9-27-29)15-8-16(20(25)31)28-17-11-30(6-4-14(15)17)19(21(22,23)24)12-3-5-26-18(7-12)32-2/h3,5,7-10,19H,4,6,11H2,1-2H3,(H2,25,31)/t19-/m0/s1. The largest absolute Gasteiger partial charge is 0.481 e. The molecule has 0 unspecified atom stereocenters. The fourth-order valence-electron chi connectivity index (χ4n) is 4.04. The van der Waals surface area contributed by atoms with Crippen molar-refractivity contribution in [3.63, 3.8) is 0 Å². The number of fused-ring (bicyclic) bond motifs is 1. The van der Waals surface area contributed by atoms with Gasteiger partial charge in [-0.2, -0.15) is 18.3 Å². The number of primary amides is 1. The summed E-state index contributed by atoms with van der Waals surface area (Å²) in [5.74, 6) is -0.650. The van der Waals surface area contributed by atoms with E-state index in [1.807, 2.05) is 0 Å². The molecule has 0 bridgehead atoms. The number of rotatable bonds is 5. The van der Waals surface area contributed by atoms with Gasteiger partial charge in [-0.15, -0.1) is 0 Å². The number of hydrogen-bond acceptors (Lipinski definition) is 6. The van der Waals surface area contributed by atoms with E-state index in [1.54, 1.807) is 30.2 Å². The van der Waals surface area contributed by atoms with E-state index in [0.29, 0.717) is 17.7 Å². The lowest BCUT2D eigenvalue weighted by atomic mass is 9.93.